The normalized spacial score (nSPS) is 12.6. The molecule has 1 aliphatic carbocycles. The number of nitrogens with zero attached hydrogens (tertiary/aromatic N) is 1. The fourth-order valence-electron chi connectivity index (χ4n) is 10.3. The summed E-state index contributed by atoms with van der Waals surface area (Å²) in [5.41, 5.74) is 15.2. The summed E-state index contributed by atoms with van der Waals surface area (Å²) in [7, 11) is 0. The standard InChI is InChI=1S/C61H41N/c1-3-22-48(23-4-1)61(49-24-5-2-6-25-49)59-32-14-13-31-56(59)57-36-35-52(41-60(57)61)62(50-26-15-20-44(38-50)45-34-33-42-17-7-8-18-43(42)37-45)51-27-16-21-46(39-51)58-40-47-19-9-10-28-53(47)54-29-11-12-30-55(54)58/h1-41H. The number of anilines is 3. The SMILES string of the molecule is c1ccc(C2(c3ccccc3)c3ccccc3-c3ccc(N(c4cccc(-c5ccc6ccccc6c5)c4)c4cccc(-c5cc6ccccc6c6ccccc56)c4)cc32)cc1. The van der Waals surface area contributed by atoms with Crippen molar-refractivity contribution in [2.24, 2.45) is 0 Å². The zero-order valence-electron chi connectivity index (χ0n) is 34.1. The molecule has 0 bridgehead atoms. The molecular weight excluding hydrogens is 747 g/mol. The molecule has 0 atom stereocenters. The smallest absolute Gasteiger partial charge is 0.0714 e. The van der Waals surface area contributed by atoms with Crippen molar-refractivity contribution in [1.29, 1.82) is 0 Å². The van der Waals surface area contributed by atoms with Gasteiger partial charge in [-0.05, 0) is 136 Å². The van der Waals surface area contributed by atoms with Crippen molar-refractivity contribution >= 4 is 49.4 Å². The lowest BCUT2D eigenvalue weighted by molar-refractivity contribution is 0.768. The fourth-order valence-corrected chi connectivity index (χ4v) is 10.3. The third-order valence-corrected chi connectivity index (χ3v) is 13.1. The van der Waals surface area contributed by atoms with Crippen LogP contribution in [0.2, 0.25) is 0 Å². The maximum Gasteiger partial charge on any atom is 0.0714 e. The van der Waals surface area contributed by atoms with Crippen LogP contribution in [0.3, 0.4) is 0 Å². The Morgan fingerprint density at radius 1 is 0.258 bits per heavy atom. The summed E-state index contributed by atoms with van der Waals surface area (Å²) in [6.45, 7) is 0. The minimum absolute atomic E-state index is 0.519. The Morgan fingerprint density at radius 2 is 0.806 bits per heavy atom. The summed E-state index contributed by atoms with van der Waals surface area (Å²) < 4.78 is 0. The second-order valence-electron chi connectivity index (χ2n) is 16.4. The summed E-state index contributed by atoms with van der Waals surface area (Å²) in [6, 6.07) is 91.8. The Hall–Kier alpha value is -8.00. The number of fused-ring (bicyclic) bond motifs is 7. The number of hydrogen-bond acceptors (Lipinski definition) is 1. The maximum absolute atomic E-state index is 2.47. The van der Waals surface area contributed by atoms with Crippen molar-refractivity contribution in [2.45, 2.75) is 5.41 Å². The lowest BCUT2D eigenvalue weighted by Crippen LogP contribution is -2.28. The molecule has 1 heteroatoms. The molecule has 290 valence electrons. The van der Waals surface area contributed by atoms with Gasteiger partial charge in [0.2, 0.25) is 0 Å². The zero-order valence-corrected chi connectivity index (χ0v) is 34.1. The summed E-state index contributed by atoms with van der Waals surface area (Å²) in [5, 5.41) is 7.50. The molecule has 12 rings (SSSR count). The van der Waals surface area contributed by atoms with Gasteiger partial charge < -0.3 is 4.90 Å². The largest absolute Gasteiger partial charge is 0.310 e. The van der Waals surface area contributed by atoms with E-state index in [1.165, 1.54) is 88.0 Å². The van der Waals surface area contributed by atoms with Crippen molar-refractivity contribution < 1.29 is 0 Å². The highest BCUT2D eigenvalue weighted by Crippen LogP contribution is 2.57. The molecule has 0 spiro atoms. The molecule has 0 radical (unpaired) electrons. The van der Waals surface area contributed by atoms with Crippen LogP contribution in [0.15, 0.2) is 249 Å². The number of hydrogen-bond donors (Lipinski definition) is 0. The molecule has 0 unspecified atom stereocenters. The minimum Gasteiger partial charge on any atom is -0.310 e. The average molecular weight is 788 g/mol. The van der Waals surface area contributed by atoms with Crippen molar-refractivity contribution in [2.75, 3.05) is 4.90 Å². The van der Waals surface area contributed by atoms with Gasteiger partial charge in [-0.3, -0.25) is 0 Å². The number of rotatable bonds is 7. The summed E-state index contributed by atoms with van der Waals surface area (Å²) >= 11 is 0. The Labute approximate surface area is 362 Å². The van der Waals surface area contributed by atoms with E-state index in [9.17, 15) is 0 Å². The molecule has 0 N–H and O–H groups in total. The Kier molecular flexibility index (Phi) is 8.47. The third-order valence-electron chi connectivity index (χ3n) is 13.1. The molecule has 0 saturated carbocycles. The Bertz CT molecular complexity index is 3430. The van der Waals surface area contributed by atoms with Crippen LogP contribution in [-0.4, -0.2) is 0 Å². The fraction of sp³-hybridized carbons (Fsp3) is 0.0164. The van der Waals surface area contributed by atoms with E-state index in [1.54, 1.807) is 0 Å². The van der Waals surface area contributed by atoms with Crippen LogP contribution in [0.25, 0.3) is 65.7 Å². The first-order chi connectivity index (χ1) is 30.7. The van der Waals surface area contributed by atoms with E-state index in [0.717, 1.165) is 17.1 Å². The van der Waals surface area contributed by atoms with Crippen LogP contribution in [0.1, 0.15) is 22.3 Å². The van der Waals surface area contributed by atoms with Crippen LogP contribution in [-0.2, 0) is 5.41 Å². The van der Waals surface area contributed by atoms with Gasteiger partial charge in [0, 0.05) is 17.1 Å². The van der Waals surface area contributed by atoms with Crippen molar-refractivity contribution in [3.8, 4) is 33.4 Å². The first kappa shape index (κ1) is 35.9. The molecule has 1 nitrogen and oxygen atoms in total. The van der Waals surface area contributed by atoms with E-state index in [4.69, 9.17) is 0 Å². The van der Waals surface area contributed by atoms with Crippen LogP contribution in [0.4, 0.5) is 17.1 Å². The summed E-state index contributed by atoms with van der Waals surface area (Å²) in [6.07, 6.45) is 0. The molecule has 0 saturated heterocycles. The first-order valence-corrected chi connectivity index (χ1v) is 21.5. The molecule has 0 fully saturated rings. The van der Waals surface area contributed by atoms with Gasteiger partial charge in [0.25, 0.3) is 0 Å². The molecule has 11 aromatic rings. The third kappa shape index (κ3) is 5.70. The highest BCUT2D eigenvalue weighted by atomic mass is 15.1. The first-order valence-electron chi connectivity index (χ1n) is 21.5. The second-order valence-corrected chi connectivity index (χ2v) is 16.4. The molecule has 62 heavy (non-hydrogen) atoms. The lowest BCUT2D eigenvalue weighted by atomic mass is 9.67. The molecular formula is C61H41N. The van der Waals surface area contributed by atoms with E-state index < -0.39 is 5.41 Å². The van der Waals surface area contributed by atoms with Crippen molar-refractivity contribution in [1.82, 2.24) is 0 Å². The lowest BCUT2D eigenvalue weighted by Gasteiger charge is -2.35. The molecule has 0 heterocycles. The van der Waals surface area contributed by atoms with E-state index in [-0.39, 0.29) is 0 Å². The van der Waals surface area contributed by atoms with Crippen molar-refractivity contribution in [3.05, 3.63) is 271 Å². The maximum atomic E-state index is 2.47. The van der Waals surface area contributed by atoms with Crippen LogP contribution in [0, 0.1) is 0 Å². The van der Waals surface area contributed by atoms with E-state index in [2.05, 4.69) is 254 Å². The topological polar surface area (TPSA) is 3.24 Å². The molecule has 0 aliphatic heterocycles. The predicted molar refractivity (Wildman–Crippen MR) is 262 cm³/mol. The average Bonchev–Trinajstić information content (AvgIpc) is 3.65. The molecule has 11 aromatic carbocycles. The van der Waals surface area contributed by atoms with Gasteiger partial charge in [-0.1, -0.05) is 200 Å². The summed E-state index contributed by atoms with van der Waals surface area (Å²) in [4.78, 5) is 2.46. The van der Waals surface area contributed by atoms with Gasteiger partial charge in [-0.15, -0.1) is 0 Å². The Balaban J connectivity index is 1.10. The van der Waals surface area contributed by atoms with Crippen molar-refractivity contribution in [3.63, 3.8) is 0 Å². The highest BCUT2D eigenvalue weighted by molar-refractivity contribution is 6.14. The van der Waals surface area contributed by atoms with Gasteiger partial charge >= 0.3 is 0 Å². The Morgan fingerprint density at radius 3 is 1.56 bits per heavy atom. The zero-order chi connectivity index (χ0) is 41.0. The molecule has 0 amide bonds. The van der Waals surface area contributed by atoms with Gasteiger partial charge in [0.15, 0.2) is 0 Å². The second kappa shape index (κ2) is 14.6. The van der Waals surface area contributed by atoms with Gasteiger partial charge in [-0.25, -0.2) is 0 Å². The number of benzene rings is 11. The van der Waals surface area contributed by atoms with Gasteiger partial charge in [-0.2, -0.15) is 0 Å². The van der Waals surface area contributed by atoms with Crippen LogP contribution in [0.5, 0.6) is 0 Å². The highest BCUT2D eigenvalue weighted by Gasteiger charge is 2.46. The van der Waals surface area contributed by atoms with Gasteiger partial charge in [0.05, 0.1) is 5.41 Å². The molecule has 0 aromatic heterocycles. The van der Waals surface area contributed by atoms with Crippen LogP contribution >= 0.6 is 0 Å². The monoisotopic (exact) mass is 787 g/mol. The van der Waals surface area contributed by atoms with E-state index >= 15 is 0 Å². The van der Waals surface area contributed by atoms with E-state index in [0.29, 0.717) is 0 Å². The minimum atomic E-state index is -0.519. The predicted octanol–water partition coefficient (Wildman–Crippen LogP) is 16.3. The van der Waals surface area contributed by atoms with Crippen LogP contribution < -0.4 is 4.90 Å². The molecule has 1 aliphatic rings. The van der Waals surface area contributed by atoms with Gasteiger partial charge in [0.1, 0.15) is 0 Å². The summed E-state index contributed by atoms with van der Waals surface area (Å²) in [5.74, 6) is 0. The van der Waals surface area contributed by atoms with E-state index in [1.807, 2.05) is 0 Å². The quantitative estimate of drug-likeness (QED) is 0.145.